The molecule has 104 valence electrons. The van der Waals surface area contributed by atoms with E-state index in [2.05, 4.69) is 26.6 Å². The second-order valence-electron chi connectivity index (χ2n) is 4.37. The minimum atomic E-state index is -0.109. The Bertz CT molecular complexity index is 631. The molecule has 0 atom stereocenters. The van der Waals surface area contributed by atoms with Crippen LogP contribution >= 0.6 is 27.5 Å². The van der Waals surface area contributed by atoms with Crippen LogP contribution in [0.1, 0.15) is 5.56 Å². The Hall–Kier alpha value is -1.52. The Balaban J connectivity index is 1.94. The third-order valence-corrected chi connectivity index (χ3v) is 3.48. The summed E-state index contributed by atoms with van der Waals surface area (Å²) in [6.07, 6.45) is 0. The van der Waals surface area contributed by atoms with Crippen molar-refractivity contribution in [3.63, 3.8) is 0 Å². The number of hydrogen-bond acceptors (Lipinski definition) is 2. The molecule has 0 bridgehead atoms. The molecule has 2 aromatic carbocycles. The average molecular weight is 354 g/mol. The molecule has 5 heteroatoms. The Morgan fingerprint density at radius 2 is 2.05 bits per heavy atom. The van der Waals surface area contributed by atoms with Crippen LogP contribution in [0.2, 0.25) is 5.02 Å². The van der Waals surface area contributed by atoms with Gasteiger partial charge in [-0.1, -0.05) is 39.7 Å². The van der Waals surface area contributed by atoms with Crippen molar-refractivity contribution in [1.82, 2.24) is 0 Å². The molecule has 0 aromatic heterocycles. The van der Waals surface area contributed by atoms with E-state index in [0.717, 1.165) is 21.4 Å². The van der Waals surface area contributed by atoms with E-state index in [1.807, 2.05) is 49.4 Å². The number of rotatable bonds is 4. The van der Waals surface area contributed by atoms with E-state index < -0.39 is 0 Å². The minimum absolute atomic E-state index is 0.109. The lowest BCUT2D eigenvalue weighted by molar-refractivity contribution is -0.114. The molecular weight excluding hydrogens is 340 g/mol. The van der Waals surface area contributed by atoms with Crippen LogP contribution in [0.15, 0.2) is 46.9 Å². The van der Waals surface area contributed by atoms with E-state index in [1.54, 1.807) is 0 Å². The van der Waals surface area contributed by atoms with Gasteiger partial charge < -0.3 is 10.6 Å². The predicted octanol–water partition coefficient (Wildman–Crippen LogP) is 4.46. The van der Waals surface area contributed by atoms with Crippen molar-refractivity contribution >= 4 is 44.8 Å². The maximum Gasteiger partial charge on any atom is 0.243 e. The Morgan fingerprint density at radius 3 is 2.80 bits per heavy atom. The first-order valence-electron chi connectivity index (χ1n) is 6.10. The summed E-state index contributed by atoms with van der Waals surface area (Å²) in [5.41, 5.74) is 2.67. The first-order valence-corrected chi connectivity index (χ1v) is 7.27. The molecule has 2 rings (SSSR count). The average Bonchev–Trinajstić information content (AvgIpc) is 2.40. The topological polar surface area (TPSA) is 41.1 Å². The van der Waals surface area contributed by atoms with Gasteiger partial charge in [0, 0.05) is 20.9 Å². The van der Waals surface area contributed by atoms with Crippen LogP contribution in [0, 0.1) is 6.92 Å². The number of benzene rings is 2. The van der Waals surface area contributed by atoms with Gasteiger partial charge in [0.2, 0.25) is 5.91 Å². The maximum absolute atomic E-state index is 11.9. The number of carbonyl (C=O) groups is 1. The van der Waals surface area contributed by atoms with Crippen LogP contribution in [0.4, 0.5) is 11.4 Å². The fourth-order valence-electron chi connectivity index (χ4n) is 1.73. The van der Waals surface area contributed by atoms with Gasteiger partial charge in [-0.05, 0) is 42.8 Å². The highest BCUT2D eigenvalue weighted by atomic mass is 79.9. The van der Waals surface area contributed by atoms with Crippen LogP contribution in [0.5, 0.6) is 0 Å². The largest absolute Gasteiger partial charge is 0.376 e. The van der Waals surface area contributed by atoms with E-state index in [1.165, 1.54) is 0 Å². The highest BCUT2D eigenvalue weighted by Crippen LogP contribution is 2.20. The van der Waals surface area contributed by atoms with Gasteiger partial charge in [0.05, 0.1) is 6.54 Å². The summed E-state index contributed by atoms with van der Waals surface area (Å²) in [5, 5.41) is 6.55. The first kappa shape index (κ1) is 14.9. The highest BCUT2D eigenvalue weighted by Gasteiger charge is 2.04. The van der Waals surface area contributed by atoms with E-state index in [9.17, 15) is 4.79 Å². The molecule has 20 heavy (non-hydrogen) atoms. The fourth-order valence-corrected chi connectivity index (χ4v) is 2.30. The first-order chi connectivity index (χ1) is 9.54. The van der Waals surface area contributed by atoms with Gasteiger partial charge >= 0.3 is 0 Å². The number of nitrogens with one attached hydrogen (secondary N) is 2. The Kier molecular flexibility index (Phi) is 5.04. The number of amides is 1. The summed E-state index contributed by atoms with van der Waals surface area (Å²) < 4.78 is 0.925. The quantitative estimate of drug-likeness (QED) is 0.852. The lowest BCUT2D eigenvalue weighted by Crippen LogP contribution is -2.22. The van der Waals surface area contributed by atoms with Crippen molar-refractivity contribution < 1.29 is 4.79 Å². The van der Waals surface area contributed by atoms with Gasteiger partial charge in [0.25, 0.3) is 0 Å². The Morgan fingerprint density at radius 1 is 1.25 bits per heavy atom. The SMILES string of the molecule is Cc1ccc(Cl)cc1NCC(=O)Nc1cccc(Br)c1. The number of aryl methyl sites for hydroxylation is 1. The summed E-state index contributed by atoms with van der Waals surface area (Å²) in [6, 6.07) is 13.0. The molecule has 0 saturated carbocycles. The second-order valence-corrected chi connectivity index (χ2v) is 5.72. The zero-order valence-electron chi connectivity index (χ0n) is 10.9. The van der Waals surface area contributed by atoms with Crippen LogP contribution < -0.4 is 10.6 Å². The number of carbonyl (C=O) groups excluding carboxylic acids is 1. The molecule has 3 nitrogen and oxygen atoms in total. The lowest BCUT2D eigenvalue weighted by Gasteiger charge is -2.10. The monoisotopic (exact) mass is 352 g/mol. The molecule has 0 heterocycles. The number of hydrogen-bond donors (Lipinski definition) is 2. The molecule has 0 aliphatic rings. The van der Waals surface area contributed by atoms with Crippen LogP contribution in [0.25, 0.3) is 0 Å². The summed E-state index contributed by atoms with van der Waals surface area (Å²) in [4.78, 5) is 11.9. The van der Waals surface area contributed by atoms with Gasteiger partial charge in [-0.15, -0.1) is 0 Å². The summed E-state index contributed by atoms with van der Waals surface area (Å²) in [6.45, 7) is 2.15. The number of halogens is 2. The summed E-state index contributed by atoms with van der Waals surface area (Å²) in [5.74, 6) is -0.109. The van der Waals surface area contributed by atoms with E-state index >= 15 is 0 Å². The van der Waals surface area contributed by atoms with Gasteiger partial charge in [0.15, 0.2) is 0 Å². The molecule has 0 saturated heterocycles. The molecule has 0 spiro atoms. The van der Waals surface area contributed by atoms with Crippen LogP contribution in [0.3, 0.4) is 0 Å². The molecule has 2 aromatic rings. The van der Waals surface area contributed by atoms with Crippen molar-refractivity contribution in [1.29, 1.82) is 0 Å². The summed E-state index contributed by atoms with van der Waals surface area (Å²) in [7, 11) is 0. The molecule has 0 radical (unpaired) electrons. The molecule has 2 N–H and O–H groups in total. The zero-order chi connectivity index (χ0) is 14.5. The van der Waals surface area contributed by atoms with Crippen molar-refractivity contribution in [3.05, 3.63) is 57.5 Å². The van der Waals surface area contributed by atoms with E-state index in [4.69, 9.17) is 11.6 Å². The smallest absolute Gasteiger partial charge is 0.243 e. The van der Waals surface area contributed by atoms with E-state index in [-0.39, 0.29) is 12.5 Å². The molecule has 0 unspecified atom stereocenters. The third kappa shape index (κ3) is 4.25. The van der Waals surface area contributed by atoms with Crippen LogP contribution in [-0.4, -0.2) is 12.5 Å². The van der Waals surface area contributed by atoms with Gasteiger partial charge in [0.1, 0.15) is 0 Å². The van der Waals surface area contributed by atoms with Crippen LogP contribution in [-0.2, 0) is 4.79 Å². The normalized spacial score (nSPS) is 10.2. The maximum atomic E-state index is 11.9. The molecule has 0 fully saturated rings. The zero-order valence-corrected chi connectivity index (χ0v) is 13.3. The Labute approximate surface area is 131 Å². The van der Waals surface area contributed by atoms with Crippen molar-refractivity contribution in [2.45, 2.75) is 6.92 Å². The fraction of sp³-hybridized carbons (Fsp3) is 0.133. The second kappa shape index (κ2) is 6.77. The molecule has 1 amide bonds. The number of anilines is 2. The minimum Gasteiger partial charge on any atom is -0.376 e. The predicted molar refractivity (Wildman–Crippen MR) is 87.5 cm³/mol. The van der Waals surface area contributed by atoms with Gasteiger partial charge in [-0.3, -0.25) is 4.79 Å². The lowest BCUT2D eigenvalue weighted by atomic mass is 10.2. The summed E-state index contributed by atoms with van der Waals surface area (Å²) >= 11 is 9.30. The van der Waals surface area contributed by atoms with Crippen molar-refractivity contribution in [3.8, 4) is 0 Å². The van der Waals surface area contributed by atoms with Crippen molar-refractivity contribution in [2.75, 3.05) is 17.2 Å². The van der Waals surface area contributed by atoms with E-state index in [0.29, 0.717) is 5.02 Å². The molecule has 0 aliphatic heterocycles. The van der Waals surface area contributed by atoms with Gasteiger partial charge in [-0.25, -0.2) is 0 Å². The third-order valence-electron chi connectivity index (χ3n) is 2.75. The van der Waals surface area contributed by atoms with Crippen molar-refractivity contribution in [2.24, 2.45) is 0 Å². The van der Waals surface area contributed by atoms with Gasteiger partial charge in [-0.2, -0.15) is 0 Å². The standard InChI is InChI=1S/C15H14BrClN2O/c1-10-5-6-12(17)8-14(10)18-9-15(20)19-13-4-2-3-11(16)7-13/h2-8,18H,9H2,1H3,(H,19,20). The molecular formula is C15H14BrClN2O. The molecule has 0 aliphatic carbocycles. The highest BCUT2D eigenvalue weighted by molar-refractivity contribution is 9.10.